The SMILES string of the molecule is CC1OCCC1NC(=O)COC1CNC1.Cl. The third kappa shape index (κ3) is 3.59. The molecule has 0 aromatic heterocycles. The third-order valence-corrected chi connectivity index (χ3v) is 2.92. The molecule has 94 valence electrons. The number of nitrogens with one attached hydrogen (secondary N) is 2. The van der Waals surface area contributed by atoms with E-state index in [4.69, 9.17) is 9.47 Å². The van der Waals surface area contributed by atoms with Gasteiger partial charge >= 0.3 is 0 Å². The summed E-state index contributed by atoms with van der Waals surface area (Å²) in [5.74, 6) is -0.0377. The van der Waals surface area contributed by atoms with Crippen LogP contribution in [-0.4, -0.2) is 50.5 Å². The van der Waals surface area contributed by atoms with Crippen molar-refractivity contribution in [1.29, 1.82) is 0 Å². The van der Waals surface area contributed by atoms with Gasteiger partial charge in [0.25, 0.3) is 0 Å². The molecule has 1 amide bonds. The van der Waals surface area contributed by atoms with E-state index >= 15 is 0 Å². The fourth-order valence-corrected chi connectivity index (χ4v) is 1.74. The lowest BCUT2D eigenvalue weighted by molar-refractivity contribution is -0.129. The van der Waals surface area contributed by atoms with Gasteiger partial charge in [0.15, 0.2) is 0 Å². The average Bonchev–Trinajstić information content (AvgIpc) is 2.49. The lowest BCUT2D eigenvalue weighted by Crippen LogP contribution is -2.50. The van der Waals surface area contributed by atoms with Crippen molar-refractivity contribution in [2.75, 3.05) is 26.3 Å². The number of amides is 1. The van der Waals surface area contributed by atoms with Crippen LogP contribution in [0.1, 0.15) is 13.3 Å². The molecular formula is C10H19ClN2O3. The van der Waals surface area contributed by atoms with Gasteiger partial charge in [-0.25, -0.2) is 0 Å². The van der Waals surface area contributed by atoms with E-state index in [1.807, 2.05) is 6.92 Å². The molecule has 2 unspecified atom stereocenters. The topological polar surface area (TPSA) is 59.6 Å². The number of halogens is 1. The van der Waals surface area contributed by atoms with Crippen LogP contribution in [0.25, 0.3) is 0 Å². The number of rotatable bonds is 4. The van der Waals surface area contributed by atoms with E-state index in [9.17, 15) is 4.79 Å². The van der Waals surface area contributed by atoms with Crippen molar-refractivity contribution in [3.63, 3.8) is 0 Å². The Morgan fingerprint density at radius 1 is 1.56 bits per heavy atom. The molecule has 0 saturated carbocycles. The predicted octanol–water partition coefficient (Wildman–Crippen LogP) is -0.310. The lowest BCUT2D eigenvalue weighted by atomic mass is 10.1. The molecular weight excluding hydrogens is 232 g/mol. The van der Waals surface area contributed by atoms with Crippen LogP contribution in [-0.2, 0) is 14.3 Å². The molecule has 0 spiro atoms. The molecule has 0 aromatic rings. The molecule has 0 radical (unpaired) electrons. The highest BCUT2D eigenvalue weighted by Gasteiger charge is 2.26. The number of hydrogen-bond donors (Lipinski definition) is 2. The molecule has 2 aliphatic heterocycles. The quantitative estimate of drug-likeness (QED) is 0.719. The summed E-state index contributed by atoms with van der Waals surface area (Å²) < 4.78 is 10.7. The van der Waals surface area contributed by atoms with Crippen LogP contribution in [0, 0.1) is 0 Å². The standard InChI is InChI=1S/C10H18N2O3.ClH/c1-7-9(2-3-14-7)12-10(13)6-15-8-4-11-5-8;/h7-9,11H,2-6H2,1H3,(H,12,13);1H. The Labute approximate surface area is 102 Å². The summed E-state index contributed by atoms with van der Waals surface area (Å²) in [5, 5.41) is 6.01. The zero-order chi connectivity index (χ0) is 10.7. The van der Waals surface area contributed by atoms with Gasteiger partial charge in [-0.15, -0.1) is 12.4 Å². The highest BCUT2D eigenvalue weighted by atomic mass is 35.5. The van der Waals surface area contributed by atoms with Gasteiger partial charge in [-0.2, -0.15) is 0 Å². The number of carbonyl (C=O) groups is 1. The van der Waals surface area contributed by atoms with Crippen molar-refractivity contribution in [3.8, 4) is 0 Å². The summed E-state index contributed by atoms with van der Waals surface area (Å²) in [6.45, 7) is 4.59. The molecule has 0 aromatic carbocycles. The molecule has 2 rings (SSSR count). The largest absolute Gasteiger partial charge is 0.376 e. The summed E-state index contributed by atoms with van der Waals surface area (Å²) in [5.41, 5.74) is 0. The third-order valence-electron chi connectivity index (χ3n) is 2.92. The van der Waals surface area contributed by atoms with E-state index in [0.717, 1.165) is 26.1 Å². The summed E-state index contributed by atoms with van der Waals surface area (Å²) in [4.78, 5) is 11.5. The van der Waals surface area contributed by atoms with Gasteiger partial charge in [-0.05, 0) is 13.3 Å². The fourth-order valence-electron chi connectivity index (χ4n) is 1.74. The van der Waals surface area contributed by atoms with Crippen LogP contribution in [0.3, 0.4) is 0 Å². The lowest BCUT2D eigenvalue weighted by Gasteiger charge is -2.27. The first kappa shape index (κ1) is 13.7. The minimum absolute atomic E-state index is 0. The Morgan fingerprint density at radius 2 is 2.31 bits per heavy atom. The molecule has 6 heteroatoms. The van der Waals surface area contributed by atoms with Crippen LogP contribution >= 0.6 is 12.4 Å². The summed E-state index contributed by atoms with van der Waals surface area (Å²) in [7, 11) is 0. The molecule has 0 aliphatic carbocycles. The number of hydrogen-bond acceptors (Lipinski definition) is 4. The molecule has 2 saturated heterocycles. The zero-order valence-electron chi connectivity index (χ0n) is 9.40. The average molecular weight is 251 g/mol. The second-order valence-electron chi connectivity index (χ2n) is 4.13. The Kier molecular flexibility index (Phi) is 5.48. The minimum atomic E-state index is -0.0377. The maximum atomic E-state index is 11.5. The first-order valence-corrected chi connectivity index (χ1v) is 5.49. The molecule has 0 bridgehead atoms. The molecule has 2 fully saturated rings. The highest BCUT2D eigenvalue weighted by Crippen LogP contribution is 2.12. The van der Waals surface area contributed by atoms with Crippen LogP contribution in [0.15, 0.2) is 0 Å². The van der Waals surface area contributed by atoms with Gasteiger partial charge in [0, 0.05) is 19.7 Å². The number of carbonyl (C=O) groups excluding carboxylic acids is 1. The van der Waals surface area contributed by atoms with Crippen molar-refractivity contribution in [3.05, 3.63) is 0 Å². The Bertz CT molecular complexity index is 236. The van der Waals surface area contributed by atoms with E-state index < -0.39 is 0 Å². The zero-order valence-corrected chi connectivity index (χ0v) is 10.2. The second-order valence-corrected chi connectivity index (χ2v) is 4.13. The van der Waals surface area contributed by atoms with Gasteiger partial charge in [0.05, 0.1) is 18.2 Å². The van der Waals surface area contributed by atoms with Gasteiger partial charge in [0.2, 0.25) is 5.91 Å². The normalized spacial score (nSPS) is 29.3. The minimum Gasteiger partial charge on any atom is -0.376 e. The Balaban J connectivity index is 0.00000128. The van der Waals surface area contributed by atoms with E-state index in [1.165, 1.54) is 0 Å². The molecule has 5 nitrogen and oxygen atoms in total. The van der Waals surface area contributed by atoms with Gasteiger partial charge in [0.1, 0.15) is 6.61 Å². The maximum Gasteiger partial charge on any atom is 0.246 e. The van der Waals surface area contributed by atoms with Crippen LogP contribution < -0.4 is 10.6 Å². The highest BCUT2D eigenvalue weighted by molar-refractivity contribution is 5.85. The fraction of sp³-hybridized carbons (Fsp3) is 0.900. The van der Waals surface area contributed by atoms with Crippen molar-refractivity contribution >= 4 is 18.3 Å². The van der Waals surface area contributed by atoms with Crippen molar-refractivity contribution in [1.82, 2.24) is 10.6 Å². The molecule has 2 N–H and O–H groups in total. The van der Waals surface area contributed by atoms with Crippen molar-refractivity contribution in [2.45, 2.75) is 31.6 Å². The monoisotopic (exact) mass is 250 g/mol. The van der Waals surface area contributed by atoms with Gasteiger partial charge in [-0.3, -0.25) is 4.79 Å². The van der Waals surface area contributed by atoms with Crippen molar-refractivity contribution < 1.29 is 14.3 Å². The summed E-state index contributed by atoms with van der Waals surface area (Å²) in [6, 6.07) is 0.153. The molecule has 2 heterocycles. The smallest absolute Gasteiger partial charge is 0.246 e. The van der Waals surface area contributed by atoms with Crippen LogP contribution in [0.2, 0.25) is 0 Å². The summed E-state index contributed by atoms with van der Waals surface area (Å²) >= 11 is 0. The van der Waals surface area contributed by atoms with E-state index in [0.29, 0.717) is 0 Å². The van der Waals surface area contributed by atoms with Crippen LogP contribution in [0.5, 0.6) is 0 Å². The van der Waals surface area contributed by atoms with E-state index in [2.05, 4.69) is 10.6 Å². The predicted molar refractivity (Wildman–Crippen MR) is 61.8 cm³/mol. The molecule has 2 atom stereocenters. The van der Waals surface area contributed by atoms with Crippen molar-refractivity contribution in [2.24, 2.45) is 0 Å². The van der Waals surface area contributed by atoms with Gasteiger partial charge < -0.3 is 20.1 Å². The first-order valence-electron chi connectivity index (χ1n) is 5.49. The Morgan fingerprint density at radius 3 is 2.81 bits per heavy atom. The first-order chi connectivity index (χ1) is 7.25. The Hall–Kier alpha value is -0.360. The molecule has 16 heavy (non-hydrogen) atoms. The van der Waals surface area contributed by atoms with E-state index in [1.54, 1.807) is 0 Å². The maximum absolute atomic E-state index is 11.5. The molecule has 2 aliphatic rings. The summed E-state index contributed by atoms with van der Waals surface area (Å²) in [6.07, 6.45) is 1.24. The number of ether oxygens (including phenoxy) is 2. The van der Waals surface area contributed by atoms with Crippen LogP contribution in [0.4, 0.5) is 0 Å². The second kappa shape index (κ2) is 6.39. The van der Waals surface area contributed by atoms with E-state index in [-0.39, 0.29) is 43.2 Å². The van der Waals surface area contributed by atoms with Gasteiger partial charge in [-0.1, -0.05) is 0 Å².